The van der Waals surface area contributed by atoms with Crippen molar-refractivity contribution < 1.29 is 4.79 Å². The summed E-state index contributed by atoms with van der Waals surface area (Å²) < 4.78 is 0. The maximum atomic E-state index is 11.8. The minimum absolute atomic E-state index is 0.0469. The first kappa shape index (κ1) is 14.8. The van der Waals surface area contributed by atoms with Crippen molar-refractivity contribution in [2.45, 2.75) is 69.7 Å². The van der Waals surface area contributed by atoms with Crippen LogP contribution in [-0.4, -0.2) is 29.0 Å². The molecule has 17 heavy (non-hydrogen) atoms. The molecule has 0 aromatic carbocycles. The molecule has 1 saturated carbocycles. The summed E-state index contributed by atoms with van der Waals surface area (Å²) in [5, 5.41) is 3.83. The van der Waals surface area contributed by atoms with Crippen molar-refractivity contribution in [3.63, 3.8) is 0 Å². The molecule has 0 aliphatic heterocycles. The second-order valence-corrected chi connectivity index (χ2v) is 6.42. The van der Waals surface area contributed by atoms with Gasteiger partial charge in [-0.05, 0) is 31.4 Å². The van der Waals surface area contributed by atoms with Crippen LogP contribution in [0.1, 0.15) is 52.4 Å². The van der Waals surface area contributed by atoms with Crippen molar-refractivity contribution >= 4 is 17.7 Å². The number of nitrogens with two attached hydrogens (primary N) is 1. The molecule has 3 atom stereocenters. The molecule has 0 radical (unpaired) electrons. The normalized spacial score (nSPS) is 25.8. The van der Waals surface area contributed by atoms with Gasteiger partial charge in [-0.2, -0.15) is 11.8 Å². The lowest BCUT2D eigenvalue weighted by Crippen LogP contribution is -2.44. The number of carbonyl (C=O) groups is 1. The summed E-state index contributed by atoms with van der Waals surface area (Å²) in [6, 6.07) is 0.0482. The van der Waals surface area contributed by atoms with Crippen LogP contribution in [-0.2, 0) is 4.79 Å². The molecular formula is C13H26N2OS. The molecule has 0 spiro atoms. The molecule has 1 fully saturated rings. The van der Waals surface area contributed by atoms with E-state index in [1.807, 2.05) is 11.8 Å². The highest BCUT2D eigenvalue weighted by atomic mass is 32.2. The molecule has 3 nitrogen and oxygen atoms in total. The number of hydrogen-bond donors (Lipinski definition) is 2. The first-order valence-electron chi connectivity index (χ1n) is 6.84. The van der Waals surface area contributed by atoms with Gasteiger partial charge in [-0.3, -0.25) is 4.79 Å². The van der Waals surface area contributed by atoms with E-state index in [2.05, 4.69) is 19.2 Å². The fourth-order valence-corrected chi connectivity index (χ4v) is 3.46. The first-order valence-corrected chi connectivity index (χ1v) is 7.89. The summed E-state index contributed by atoms with van der Waals surface area (Å²) in [5.41, 5.74) is 5.86. The van der Waals surface area contributed by atoms with Crippen molar-refractivity contribution in [2.75, 3.05) is 5.75 Å². The highest BCUT2D eigenvalue weighted by Crippen LogP contribution is 2.29. The van der Waals surface area contributed by atoms with Gasteiger partial charge in [-0.1, -0.05) is 26.7 Å². The average Bonchev–Trinajstić information content (AvgIpc) is 2.74. The maximum Gasteiger partial charge on any atom is 0.237 e. The molecule has 1 aliphatic carbocycles. The minimum Gasteiger partial charge on any atom is -0.352 e. The van der Waals surface area contributed by atoms with Crippen LogP contribution in [0, 0.1) is 0 Å². The summed E-state index contributed by atoms with van der Waals surface area (Å²) in [6.07, 6.45) is 6.40. The molecule has 0 heterocycles. The second-order valence-electron chi connectivity index (χ2n) is 4.84. The standard InChI is InChI=1S/C13H26N2OS/c1-3-5-6-12(14)13(16)15-10-7-8-11(9-10)17-4-2/h10-12H,3-9,14H2,1-2H3,(H,15,16). The molecule has 0 saturated heterocycles. The van der Waals surface area contributed by atoms with Gasteiger partial charge in [-0.25, -0.2) is 0 Å². The van der Waals surface area contributed by atoms with E-state index in [0.717, 1.165) is 37.4 Å². The van der Waals surface area contributed by atoms with Crippen LogP contribution in [0.4, 0.5) is 0 Å². The number of thioether (sulfide) groups is 1. The highest BCUT2D eigenvalue weighted by molar-refractivity contribution is 7.99. The number of rotatable bonds is 7. The third-order valence-electron chi connectivity index (χ3n) is 3.34. The van der Waals surface area contributed by atoms with Crippen molar-refractivity contribution in [1.82, 2.24) is 5.32 Å². The molecule has 0 aromatic heterocycles. The fourth-order valence-electron chi connectivity index (χ4n) is 2.32. The Kier molecular flexibility index (Phi) is 6.97. The molecular weight excluding hydrogens is 232 g/mol. The Hall–Kier alpha value is -0.220. The lowest BCUT2D eigenvalue weighted by atomic mass is 10.1. The van der Waals surface area contributed by atoms with Gasteiger partial charge in [0.1, 0.15) is 0 Å². The van der Waals surface area contributed by atoms with Crippen LogP contribution in [0.15, 0.2) is 0 Å². The van der Waals surface area contributed by atoms with Crippen LogP contribution in [0.3, 0.4) is 0 Å². The third-order valence-corrected chi connectivity index (χ3v) is 4.57. The van der Waals surface area contributed by atoms with Gasteiger partial charge in [0.2, 0.25) is 5.91 Å². The largest absolute Gasteiger partial charge is 0.352 e. The van der Waals surface area contributed by atoms with Crippen molar-refractivity contribution in [1.29, 1.82) is 0 Å². The lowest BCUT2D eigenvalue weighted by molar-refractivity contribution is -0.123. The van der Waals surface area contributed by atoms with E-state index in [0.29, 0.717) is 6.04 Å². The van der Waals surface area contributed by atoms with Crippen LogP contribution in [0.2, 0.25) is 0 Å². The van der Waals surface area contributed by atoms with Gasteiger partial charge in [0.15, 0.2) is 0 Å². The summed E-state index contributed by atoms with van der Waals surface area (Å²) >= 11 is 2.01. The van der Waals surface area contributed by atoms with Gasteiger partial charge in [-0.15, -0.1) is 0 Å². The number of amides is 1. The molecule has 1 aliphatic rings. The lowest BCUT2D eigenvalue weighted by Gasteiger charge is -2.17. The molecule has 0 aromatic rings. The molecule has 4 heteroatoms. The fraction of sp³-hybridized carbons (Fsp3) is 0.923. The SMILES string of the molecule is CCCCC(N)C(=O)NC1CCC(SCC)C1. The zero-order valence-electron chi connectivity index (χ0n) is 11.1. The molecule has 3 unspecified atom stereocenters. The van der Waals surface area contributed by atoms with Crippen LogP contribution >= 0.6 is 11.8 Å². The highest BCUT2D eigenvalue weighted by Gasteiger charge is 2.26. The Morgan fingerprint density at radius 1 is 1.47 bits per heavy atom. The second kappa shape index (κ2) is 7.98. The van der Waals surface area contributed by atoms with E-state index in [-0.39, 0.29) is 11.9 Å². The van der Waals surface area contributed by atoms with Crippen molar-refractivity contribution in [3.8, 4) is 0 Å². The topological polar surface area (TPSA) is 55.1 Å². The molecule has 3 N–H and O–H groups in total. The van der Waals surface area contributed by atoms with E-state index in [1.165, 1.54) is 12.2 Å². The van der Waals surface area contributed by atoms with Crippen LogP contribution in [0.25, 0.3) is 0 Å². The summed E-state index contributed by atoms with van der Waals surface area (Å²) in [7, 11) is 0. The van der Waals surface area contributed by atoms with E-state index in [9.17, 15) is 4.79 Å². The van der Waals surface area contributed by atoms with E-state index in [4.69, 9.17) is 5.73 Å². The first-order chi connectivity index (χ1) is 8.17. The van der Waals surface area contributed by atoms with Gasteiger partial charge in [0, 0.05) is 11.3 Å². The van der Waals surface area contributed by atoms with E-state index in [1.54, 1.807) is 0 Å². The predicted octanol–water partition coefficient (Wildman–Crippen LogP) is 2.29. The number of hydrogen-bond acceptors (Lipinski definition) is 3. The third kappa shape index (κ3) is 5.30. The Morgan fingerprint density at radius 2 is 2.24 bits per heavy atom. The molecule has 1 amide bonds. The van der Waals surface area contributed by atoms with Crippen LogP contribution < -0.4 is 11.1 Å². The van der Waals surface area contributed by atoms with Crippen molar-refractivity contribution in [2.24, 2.45) is 5.73 Å². The summed E-state index contributed by atoms with van der Waals surface area (Å²) in [5.74, 6) is 1.21. The van der Waals surface area contributed by atoms with E-state index >= 15 is 0 Å². The molecule has 0 bridgehead atoms. The Labute approximate surface area is 109 Å². The summed E-state index contributed by atoms with van der Waals surface area (Å²) in [4.78, 5) is 11.8. The van der Waals surface area contributed by atoms with Gasteiger partial charge >= 0.3 is 0 Å². The Bertz CT molecular complexity index is 235. The predicted molar refractivity (Wildman–Crippen MR) is 75.2 cm³/mol. The summed E-state index contributed by atoms with van der Waals surface area (Å²) in [6.45, 7) is 4.31. The zero-order chi connectivity index (χ0) is 12.7. The zero-order valence-corrected chi connectivity index (χ0v) is 11.9. The number of nitrogens with one attached hydrogen (secondary N) is 1. The van der Waals surface area contributed by atoms with Gasteiger partial charge in [0.25, 0.3) is 0 Å². The number of unbranched alkanes of at least 4 members (excludes halogenated alkanes) is 1. The quantitative estimate of drug-likeness (QED) is 0.736. The number of carbonyl (C=O) groups excluding carboxylic acids is 1. The minimum atomic E-state index is -0.312. The maximum absolute atomic E-state index is 11.8. The monoisotopic (exact) mass is 258 g/mol. The van der Waals surface area contributed by atoms with Gasteiger partial charge in [0.05, 0.1) is 6.04 Å². The van der Waals surface area contributed by atoms with Crippen molar-refractivity contribution in [3.05, 3.63) is 0 Å². The molecule has 100 valence electrons. The average molecular weight is 258 g/mol. The Morgan fingerprint density at radius 3 is 2.88 bits per heavy atom. The van der Waals surface area contributed by atoms with E-state index < -0.39 is 0 Å². The van der Waals surface area contributed by atoms with Crippen LogP contribution in [0.5, 0.6) is 0 Å². The molecule has 1 rings (SSSR count). The smallest absolute Gasteiger partial charge is 0.237 e. The Balaban J connectivity index is 2.23. The van der Waals surface area contributed by atoms with Gasteiger partial charge < -0.3 is 11.1 Å².